The van der Waals surface area contributed by atoms with E-state index in [4.69, 9.17) is 0 Å². The Hall–Kier alpha value is -2.90. The third-order valence-corrected chi connectivity index (χ3v) is 4.42. The minimum atomic E-state index is -0.127. The molecule has 1 fully saturated rings. The van der Waals surface area contributed by atoms with Crippen molar-refractivity contribution in [3.05, 3.63) is 51.8 Å². The van der Waals surface area contributed by atoms with Crippen LogP contribution in [0.1, 0.15) is 34.2 Å². The molecule has 0 aromatic carbocycles. The molecule has 1 amide bonds. The van der Waals surface area contributed by atoms with Gasteiger partial charge in [0.2, 0.25) is 0 Å². The van der Waals surface area contributed by atoms with Crippen LogP contribution in [0, 0.1) is 6.92 Å². The van der Waals surface area contributed by atoms with Crippen molar-refractivity contribution in [2.75, 3.05) is 13.1 Å². The average molecular weight is 326 g/mol. The van der Waals surface area contributed by atoms with Crippen molar-refractivity contribution in [2.45, 2.75) is 19.3 Å². The van der Waals surface area contributed by atoms with E-state index in [-0.39, 0.29) is 17.4 Å². The van der Waals surface area contributed by atoms with E-state index in [1.54, 1.807) is 35.0 Å². The fourth-order valence-electron chi connectivity index (χ4n) is 3.22. The first-order valence-electron chi connectivity index (χ1n) is 7.89. The molecule has 0 saturated carbocycles. The highest BCUT2D eigenvalue weighted by Crippen LogP contribution is 2.26. The molecule has 4 rings (SSSR count). The zero-order valence-electron chi connectivity index (χ0n) is 13.6. The van der Waals surface area contributed by atoms with Crippen molar-refractivity contribution >= 4 is 11.6 Å². The number of aryl methyl sites for hydroxylation is 2. The van der Waals surface area contributed by atoms with Crippen molar-refractivity contribution < 1.29 is 4.79 Å². The second-order valence-corrected chi connectivity index (χ2v) is 6.26. The van der Waals surface area contributed by atoms with Gasteiger partial charge in [-0.1, -0.05) is 0 Å². The number of carbonyl (C=O) groups is 1. The van der Waals surface area contributed by atoms with Gasteiger partial charge in [0.15, 0.2) is 5.65 Å². The minimum absolute atomic E-state index is 0.0746. The number of nitrogens with one attached hydrogen (secondary N) is 1. The molecule has 1 N–H and O–H groups in total. The summed E-state index contributed by atoms with van der Waals surface area (Å²) in [5, 5.41) is 7.13. The third-order valence-electron chi connectivity index (χ3n) is 4.42. The fourth-order valence-corrected chi connectivity index (χ4v) is 3.22. The summed E-state index contributed by atoms with van der Waals surface area (Å²) < 4.78 is 3.05. The van der Waals surface area contributed by atoms with Crippen LogP contribution >= 0.6 is 0 Å². The highest BCUT2D eigenvalue weighted by Gasteiger charge is 2.30. The first-order valence-corrected chi connectivity index (χ1v) is 7.89. The molecule has 1 aliphatic rings. The zero-order chi connectivity index (χ0) is 16.8. The first-order chi connectivity index (χ1) is 11.5. The Morgan fingerprint density at radius 3 is 2.96 bits per heavy atom. The fraction of sp³-hybridized carbons (Fsp3) is 0.375. The second-order valence-electron chi connectivity index (χ2n) is 6.26. The standard InChI is InChI=1S/C16H18N6O2/c1-10-7-14-17-13(8-15(23)22(14)18-10)11-3-6-21(9-11)16(24)12-4-5-20(2)19-12/h4-5,7-8,11,18H,3,6,9H2,1-2H3/t11-/m1/s1. The number of hydrogen-bond acceptors (Lipinski definition) is 4. The quantitative estimate of drug-likeness (QED) is 0.750. The van der Waals surface area contributed by atoms with Crippen LogP contribution in [0.2, 0.25) is 0 Å². The van der Waals surface area contributed by atoms with E-state index >= 15 is 0 Å². The van der Waals surface area contributed by atoms with Gasteiger partial charge < -0.3 is 4.90 Å². The minimum Gasteiger partial charge on any atom is -0.337 e. The van der Waals surface area contributed by atoms with E-state index < -0.39 is 0 Å². The largest absolute Gasteiger partial charge is 0.337 e. The van der Waals surface area contributed by atoms with Crippen LogP contribution in [0.4, 0.5) is 0 Å². The van der Waals surface area contributed by atoms with Crippen LogP contribution in [0.3, 0.4) is 0 Å². The van der Waals surface area contributed by atoms with Crippen molar-refractivity contribution in [2.24, 2.45) is 7.05 Å². The Morgan fingerprint density at radius 2 is 2.21 bits per heavy atom. The molecule has 8 heteroatoms. The summed E-state index contributed by atoms with van der Waals surface area (Å²) in [6, 6.07) is 5.12. The van der Waals surface area contributed by atoms with Crippen molar-refractivity contribution in [3.63, 3.8) is 0 Å². The van der Waals surface area contributed by atoms with Gasteiger partial charge in [0.05, 0.1) is 5.69 Å². The first kappa shape index (κ1) is 14.7. The number of rotatable bonds is 2. The van der Waals surface area contributed by atoms with Crippen LogP contribution in [0.15, 0.2) is 29.2 Å². The van der Waals surface area contributed by atoms with Crippen LogP contribution in [0.5, 0.6) is 0 Å². The van der Waals surface area contributed by atoms with Gasteiger partial charge in [0.1, 0.15) is 5.69 Å². The molecule has 0 bridgehead atoms. The van der Waals surface area contributed by atoms with E-state index in [0.717, 1.165) is 17.8 Å². The molecule has 0 radical (unpaired) electrons. The van der Waals surface area contributed by atoms with Gasteiger partial charge in [-0.25, -0.2) is 9.50 Å². The molecular weight excluding hydrogens is 308 g/mol. The monoisotopic (exact) mass is 326 g/mol. The maximum absolute atomic E-state index is 12.5. The number of nitrogens with zero attached hydrogens (tertiary/aromatic N) is 5. The Morgan fingerprint density at radius 1 is 1.38 bits per heavy atom. The Balaban J connectivity index is 1.58. The van der Waals surface area contributed by atoms with Crippen LogP contribution in [0.25, 0.3) is 5.65 Å². The number of H-pyrrole nitrogens is 1. The molecule has 1 saturated heterocycles. The number of aromatic amines is 1. The van der Waals surface area contributed by atoms with Gasteiger partial charge in [-0.05, 0) is 19.4 Å². The summed E-state index contributed by atoms with van der Waals surface area (Å²) in [5.74, 6) is -0.000966. The van der Waals surface area contributed by atoms with Crippen LogP contribution in [-0.4, -0.2) is 48.3 Å². The molecule has 0 unspecified atom stereocenters. The van der Waals surface area contributed by atoms with Gasteiger partial charge in [-0.2, -0.15) is 5.10 Å². The van der Waals surface area contributed by atoms with E-state index in [1.807, 2.05) is 13.0 Å². The zero-order valence-corrected chi connectivity index (χ0v) is 13.6. The molecule has 1 aliphatic heterocycles. The lowest BCUT2D eigenvalue weighted by atomic mass is 10.0. The lowest BCUT2D eigenvalue weighted by Gasteiger charge is -2.15. The molecule has 0 spiro atoms. The van der Waals surface area contributed by atoms with Gasteiger partial charge in [-0.15, -0.1) is 0 Å². The van der Waals surface area contributed by atoms with E-state index in [2.05, 4.69) is 15.2 Å². The summed E-state index contributed by atoms with van der Waals surface area (Å²) in [6.07, 6.45) is 2.55. The molecule has 1 atom stereocenters. The predicted octanol–water partition coefficient (Wildman–Crippen LogP) is 0.694. The maximum atomic E-state index is 12.5. The molecule has 4 heterocycles. The van der Waals surface area contributed by atoms with E-state index in [9.17, 15) is 9.59 Å². The van der Waals surface area contributed by atoms with Crippen molar-refractivity contribution in [1.29, 1.82) is 0 Å². The Bertz CT molecular complexity index is 982. The van der Waals surface area contributed by atoms with Crippen LogP contribution < -0.4 is 5.56 Å². The molecule has 3 aromatic heterocycles. The Labute approximate surface area is 137 Å². The van der Waals surface area contributed by atoms with Crippen LogP contribution in [-0.2, 0) is 7.05 Å². The Kier molecular flexibility index (Phi) is 3.26. The SMILES string of the molecule is Cc1cc2nc([C@@H]3CCN(C(=O)c4ccn(C)n4)C3)cc(=O)n2[nH]1. The maximum Gasteiger partial charge on any atom is 0.274 e. The molecule has 0 aliphatic carbocycles. The molecule has 8 nitrogen and oxygen atoms in total. The van der Waals surface area contributed by atoms with Gasteiger partial charge >= 0.3 is 0 Å². The summed E-state index contributed by atoms with van der Waals surface area (Å²) >= 11 is 0. The van der Waals surface area contributed by atoms with Gasteiger partial charge in [0, 0.05) is 50.1 Å². The lowest BCUT2D eigenvalue weighted by molar-refractivity contribution is 0.0784. The summed E-state index contributed by atoms with van der Waals surface area (Å²) in [4.78, 5) is 31.0. The second kappa shape index (κ2) is 5.33. The topological polar surface area (TPSA) is 88.3 Å². The highest BCUT2D eigenvalue weighted by atomic mass is 16.2. The number of amides is 1. The summed E-state index contributed by atoms with van der Waals surface area (Å²) in [7, 11) is 1.79. The number of fused-ring (bicyclic) bond motifs is 1. The number of carbonyl (C=O) groups excluding carboxylic acids is 1. The molecule has 24 heavy (non-hydrogen) atoms. The number of hydrogen-bond donors (Lipinski definition) is 1. The van der Waals surface area contributed by atoms with Crippen molar-refractivity contribution in [3.8, 4) is 0 Å². The molecule has 124 valence electrons. The lowest BCUT2D eigenvalue weighted by Crippen LogP contribution is -2.29. The smallest absolute Gasteiger partial charge is 0.274 e. The molecular formula is C16H18N6O2. The number of likely N-dealkylation sites (tertiary alicyclic amines) is 1. The summed E-state index contributed by atoms with van der Waals surface area (Å²) in [6.45, 7) is 3.09. The third kappa shape index (κ3) is 2.40. The predicted molar refractivity (Wildman–Crippen MR) is 87.0 cm³/mol. The number of aromatic nitrogens is 5. The van der Waals surface area contributed by atoms with E-state index in [1.165, 1.54) is 4.52 Å². The normalized spacial score (nSPS) is 17.8. The van der Waals surface area contributed by atoms with Crippen molar-refractivity contribution in [1.82, 2.24) is 29.3 Å². The molecule has 3 aromatic rings. The highest BCUT2D eigenvalue weighted by molar-refractivity contribution is 5.92. The van der Waals surface area contributed by atoms with Gasteiger partial charge in [0.25, 0.3) is 11.5 Å². The van der Waals surface area contributed by atoms with E-state index in [0.29, 0.717) is 24.4 Å². The van der Waals surface area contributed by atoms with Gasteiger partial charge in [-0.3, -0.25) is 19.4 Å². The average Bonchev–Trinajstić information content (AvgIpc) is 3.25. The summed E-state index contributed by atoms with van der Waals surface area (Å²) in [5.41, 5.74) is 2.57.